The van der Waals surface area contributed by atoms with E-state index in [4.69, 9.17) is 33.2 Å². The van der Waals surface area contributed by atoms with E-state index in [9.17, 15) is 9.59 Å². The molecule has 1 aromatic heterocycles. The van der Waals surface area contributed by atoms with E-state index >= 15 is 0 Å². The highest BCUT2D eigenvalue weighted by Gasteiger charge is 2.47. The van der Waals surface area contributed by atoms with Gasteiger partial charge >= 0.3 is 11.9 Å². The number of hydrogen-bond donors (Lipinski definition) is 0. The lowest BCUT2D eigenvalue weighted by Gasteiger charge is -2.39. The molecule has 0 aliphatic carbocycles. The average Bonchev–Trinajstić information content (AvgIpc) is 3.60. The van der Waals surface area contributed by atoms with Gasteiger partial charge in [0.25, 0.3) is 0 Å². The van der Waals surface area contributed by atoms with Crippen molar-refractivity contribution in [2.75, 3.05) is 41.7 Å². The van der Waals surface area contributed by atoms with Gasteiger partial charge in [0, 0.05) is 35.6 Å². The van der Waals surface area contributed by atoms with E-state index in [0.29, 0.717) is 64.0 Å². The Bertz CT molecular complexity index is 1490. The third kappa shape index (κ3) is 3.96. The number of hydrogen-bond acceptors (Lipinski definition) is 11. The lowest BCUT2D eigenvalue weighted by Crippen LogP contribution is -2.37. The number of aromatic nitrogens is 1. The molecule has 2 aromatic carbocycles. The van der Waals surface area contributed by atoms with Gasteiger partial charge < -0.3 is 33.2 Å². The molecule has 0 bridgehead atoms. The van der Waals surface area contributed by atoms with E-state index in [1.807, 2.05) is 13.1 Å². The minimum Gasteiger partial charge on any atom is -0.493 e. The van der Waals surface area contributed by atoms with E-state index in [2.05, 4.69) is 9.88 Å². The van der Waals surface area contributed by atoms with E-state index in [0.717, 1.165) is 11.1 Å². The summed E-state index contributed by atoms with van der Waals surface area (Å²) in [7, 11) is 6.53. The second-order valence-corrected chi connectivity index (χ2v) is 9.55. The quantitative estimate of drug-likeness (QED) is 0.403. The highest BCUT2D eigenvalue weighted by Crippen LogP contribution is 2.57. The molecular weight excluding hydrogens is 520 g/mol. The van der Waals surface area contributed by atoms with Crippen LogP contribution < -0.4 is 23.7 Å². The van der Waals surface area contributed by atoms with Gasteiger partial charge in [0.15, 0.2) is 23.0 Å². The number of nitrogens with zero attached hydrogens (tertiary/aromatic N) is 2. The predicted molar refractivity (Wildman–Crippen MR) is 139 cm³/mol. The first-order valence-corrected chi connectivity index (χ1v) is 12.7. The van der Waals surface area contributed by atoms with Gasteiger partial charge in [-0.1, -0.05) is 6.07 Å². The molecular formula is C29H28N2O9. The minimum absolute atomic E-state index is 0.00309. The zero-order valence-electron chi connectivity index (χ0n) is 22.5. The van der Waals surface area contributed by atoms with Gasteiger partial charge in [-0.15, -0.1) is 0 Å². The number of likely N-dealkylation sites (N-methyl/N-ethyl adjacent to an activating group) is 1. The highest BCUT2D eigenvalue weighted by molar-refractivity contribution is 5.98. The normalized spacial score (nSPS) is 18.9. The molecule has 0 fully saturated rings. The van der Waals surface area contributed by atoms with E-state index in [-0.39, 0.29) is 13.4 Å². The maximum Gasteiger partial charge on any atom is 0.343 e. The van der Waals surface area contributed by atoms with Crippen LogP contribution >= 0.6 is 0 Å². The van der Waals surface area contributed by atoms with Crippen LogP contribution in [0.3, 0.4) is 0 Å². The maximum absolute atomic E-state index is 13.2. The van der Waals surface area contributed by atoms with Crippen LogP contribution in [0.15, 0.2) is 36.7 Å². The first kappa shape index (κ1) is 25.8. The summed E-state index contributed by atoms with van der Waals surface area (Å²) in [6, 6.07) is 6.46. The molecule has 208 valence electrons. The molecule has 2 atom stereocenters. The van der Waals surface area contributed by atoms with Gasteiger partial charge in [-0.2, -0.15) is 0 Å². The summed E-state index contributed by atoms with van der Waals surface area (Å²) in [6.07, 6.45) is 2.99. The van der Waals surface area contributed by atoms with Crippen molar-refractivity contribution in [3.8, 4) is 28.7 Å². The van der Waals surface area contributed by atoms with Crippen LogP contribution in [0.25, 0.3) is 0 Å². The van der Waals surface area contributed by atoms with Crippen LogP contribution in [0.1, 0.15) is 55.1 Å². The van der Waals surface area contributed by atoms with Gasteiger partial charge in [-0.25, -0.2) is 9.59 Å². The van der Waals surface area contributed by atoms with Crippen molar-refractivity contribution in [3.63, 3.8) is 0 Å². The van der Waals surface area contributed by atoms with Crippen molar-refractivity contribution < 1.29 is 42.7 Å². The number of fused-ring (bicyclic) bond motifs is 3. The molecule has 6 rings (SSSR count). The summed E-state index contributed by atoms with van der Waals surface area (Å²) in [5.74, 6) is 1.16. The molecule has 0 N–H and O–H groups in total. The summed E-state index contributed by atoms with van der Waals surface area (Å²) in [4.78, 5) is 32.1. The molecule has 3 aliphatic heterocycles. The van der Waals surface area contributed by atoms with Gasteiger partial charge in [0.05, 0.1) is 32.9 Å². The monoisotopic (exact) mass is 548 g/mol. The Hall–Kier alpha value is -4.51. The van der Waals surface area contributed by atoms with Crippen molar-refractivity contribution in [1.29, 1.82) is 0 Å². The number of pyridine rings is 1. The van der Waals surface area contributed by atoms with E-state index < -0.39 is 24.1 Å². The van der Waals surface area contributed by atoms with Crippen LogP contribution in [0.5, 0.6) is 28.7 Å². The topological polar surface area (TPSA) is 115 Å². The Morgan fingerprint density at radius 3 is 2.60 bits per heavy atom. The number of benzene rings is 2. The van der Waals surface area contributed by atoms with Crippen molar-refractivity contribution in [1.82, 2.24) is 9.88 Å². The number of esters is 2. The lowest BCUT2D eigenvalue weighted by molar-refractivity contribution is 0.00846. The van der Waals surface area contributed by atoms with Crippen LogP contribution in [-0.4, -0.2) is 63.5 Å². The Balaban J connectivity index is 1.47. The van der Waals surface area contributed by atoms with Gasteiger partial charge in [0.1, 0.15) is 18.3 Å². The molecule has 3 aromatic rings. The molecule has 0 spiro atoms. The molecule has 3 aliphatic rings. The van der Waals surface area contributed by atoms with Crippen molar-refractivity contribution in [2.45, 2.75) is 25.2 Å². The third-order valence-electron chi connectivity index (χ3n) is 7.57. The van der Waals surface area contributed by atoms with Crippen LogP contribution in [-0.2, 0) is 22.5 Å². The average molecular weight is 549 g/mol. The maximum atomic E-state index is 13.2. The molecule has 0 saturated heterocycles. The largest absolute Gasteiger partial charge is 0.493 e. The smallest absolute Gasteiger partial charge is 0.343 e. The molecule has 4 heterocycles. The number of rotatable bonds is 7. The second kappa shape index (κ2) is 10.2. The fourth-order valence-electron chi connectivity index (χ4n) is 5.78. The van der Waals surface area contributed by atoms with Crippen LogP contribution in [0, 0.1) is 0 Å². The third-order valence-corrected chi connectivity index (χ3v) is 7.57. The van der Waals surface area contributed by atoms with Gasteiger partial charge in [0.2, 0.25) is 12.5 Å². The molecule has 0 saturated carbocycles. The molecule has 11 nitrogen and oxygen atoms in total. The lowest BCUT2D eigenvalue weighted by atomic mass is 9.83. The number of ether oxygens (including phenoxy) is 7. The fourth-order valence-corrected chi connectivity index (χ4v) is 5.78. The summed E-state index contributed by atoms with van der Waals surface area (Å²) in [6.45, 7) is 0.589. The number of methoxy groups -OCH3 is 3. The summed E-state index contributed by atoms with van der Waals surface area (Å²) in [5, 5.41) is 0. The molecule has 40 heavy (non-hydrogen) atoms. The van der Waals surface area contributed by atoms with Crippen molar-refractivity contribution >= 4 is 11.9 Å². The standard InChI is InChI=1S/C29H28N2O9/c1-31-11-9-16-18(13-37-28(32)15-6-5-10-30-12-15)24-27(39-14-38-24)26(36-4)20(16)22(31)23-17-7-8-19(34-2)25(35-3)21(17)29(33)40-23/h5-8,10,12,22-23H,9,11,13-14H2,1-4H3/t22-,23-/m0/s1. The Labute approximate surface area is 230 Å². The highest BCUT2D eigenvalue weighted by atomic mass is 16.7. The van der Waals surface area contributed by atoms with Gasteiger partial charge in [-0.05, 0) is 37.2 Å². The Morgan fingerprint density at radius 1 is 1.07 bits per heavy atom. The minimum atomic E-state index is -0.675. The molecule has 0 unspecified atom stereocenters. The Morgan fingerprint density at radius 2 is 1.88 bits per heavy atom. The first-order chi connectivity index (χ1) is 19.5. The number of carbonyl (C=O) groups excluding carboxylic acids is 2. The zero-order valence-corrected chi connectivity index (χ0v) is 22.5. The van der Waals surface area contributed by atoms with E-state index in [1.165, 1.54) is 20.4 Å². The second-order valence-electron chi connectivity index (χ2n) is 9.55. The SMILES string of the molecule is COc1ccc2c(c1OC)C(=O)O[C@@H]2[C@@H]1c2c(c(COC(=O)c3cccnc3)c3c(c2OC)OCO3)CCN1C. The van der Waals surface area contributed by atoms with Crippen LogP contribution in [0.4, 0.5) is 0 Å². The Kier molecular flexibility index (Phi) is 6.59. The first-order valence-electron chi connectivity index (χ1n) is 12.7. The van der Waals surface area contributed by atoms with Gasteiger partial charge in [-0.3, -0.25) is 9.88 Å². The predicted octanol–water partition coefficient (Wildman–Crippen LogP) is 3.63. The number of carbonyl (C=O) groups is 2. The molecule has 11 heteroatoms. The van der Waals surface area contributed by atoms with E-state index in [1.54, 1.807) is 31.5 Å². The number of cyclic esters (lactones) is 1. The van der Waals surface area contributed by atoms with Crippen molar-refractivity contribution in [2.24, 2.45) is 0 Å². The molecule has 0 amide bonds. The summed E-state index contributed by atoms with van der Waals surface area (Å²) >= 11 is 0. The zero-order chi connectivity index (χ0) is 28.0. The fraction of sp³-hybridized carbons (Fsp3) is 0.345. The van der Waals surface area contributed by atoms with Crippen LogP contribution in [0.2, 0.25) is 0 Å². The summed E-state index contributed by atoms with van der Waals surface area (Å²) in [5.41, 5.74) is 3.72. The summed E-state index contributed by atoms with van der Waals surface area (Å²) < 4.78 is 40.3. The molecule has 0 radical (unpaired) electrons. The van der Waals surface area contributed by atoms with Crippen molar-refractivity contribution in [3.05, 3.63) is 70.0 Å².